The first-order valence-corrected chi connectivity index (χ1v) is 10.2. The molecule has 146 valence electrons. The SMILES string of the molecule is Cc1cc(C)c(C)c(-c2ccc3cc(-c4cnc(C(C)C)cn4)ccc3[n+]2C)c1. The molecule has 29 heavy (non-hydrogen) atoms. The highest BCUT2D eigenvalue weighted by molar-refractivity contribution is 5.83. The maximum absolute atomic E-state index is 4.63. The molecule has 3 nitrogen and oxygen atoms in total. The average molecular weight is 383 g/mol. The van der Waals surface area contributed by atoms with Crippen LogP contribution in [0.1, 0.15) is 42.1 Å². The van der Waals surface area contributed by atoms with Crippen molar-refractivity contribution in [1.82, 2.24) is 9.97 Å². The number of aromatic nitrogens is 3. The van der Waals surface area contributed by atoms with Crippen LogP contribution in [0, 0.1) is 20.8 Å². The molecule has 0 aliphatic carbocycles. The third-order valence-corrected chi connectivity index (χ3v) is 5.82. The van der Waals surface area contributed by atoms with Crippen LogP contribution in [0.3, 0.4) is 0 Å². The van der Waals surface area contributed by atoms with Crippen molar-refractivity contribution in [2.24, 2.45) is 7.05 Å². The summed E-state index contributed by atoms with van der Waals surface area (Å²) in [5, 5.41) is 1.20. The lowest BCUT2D eigenvalue weighted by Gasteiger charge is -2.11. The molecule has 3 heteroatoms. The molecule has 0 amide bonds. The van der Waals surface area contributed by atoms with Crippen LogP contribution in [0.2, 0.25) is 0 Å². The van der Waals surface area contributed by atoms with Crippen molar-refractivity contribution < 1.29 is 4.57 Å². The van der Waals surface area contributed by atoms with Gasteiger partial charge in [-0.05, 0) is 62.1 Å². The first-order valence-electron chi connectivity index (χ1n) is 10.2. The molecule has 2 aromatic carbocycles. The van der Waals surface area contributed by atoms with Crippen molar-refractivity contribution in [3.8, 4) is 22.5 Å². The maximum Gasteiger partial charge on any atom is 0.213 e. The van der Waals surface area contributed by atoms with Crippen LogP contribution < -0.4 is 4.57 Å². The lowest BCUT2D eigenvalue weighted by Crippen LogP contribution is -2.32. The highest BCUT2D eigenvalue weighted by atomic mass is 14.9. The van der Waals surface area contributed by atoms with Crippen LogP contribution in [-0.2, 0) is 7.05 Å². The monoisotopic (exact) mass is 382 g/mol. The molecule has 0 unspecified atom stereocenters. The Hall–Kier alpha value is -3.07. The molecule has 2 aromatic heterocycles. The van der Waals surface area contributed by atoms with Crippen LogP contribution in [0.15, 0.2) is 54.9 Å². The second-order valence-electron chi connectivity index (χ2n) is 8.29. The van der Waals surface area contributed by atoms with E-state index in [0.717, 1.165) is 17.0 Å². The number of hydrogen-bond donors (Lipinski definition) is 0. The van der Waals surface area contributed by atoms with Gasteiger partial charge in [0.2, 0.25) is 11.2 Å². The molecule has 0 saturated carbocycles. The Bertz CT molecular complexity index is 1210. The molecule has 4 rings (SSSR count). The molecule has 0 atom stereocenters. The minimum atomic E-state index is 0.388. The molecule has 4 aromatic rings. The summed E-state index contributed by atoms with van der Waals surface area (Å²) in [5.41, 5.74) is 10.7. The molecule has 0 fully saturated rings. The fourth-order valence-corrected chi connectivity index (χ4v) is 3.92. The topological polar surface area (TPSA) is 29.7 Å². The molecule has 2 heterocycles. The summed E-state index contributed by atoms with van der Waals surface area (Å²) < 4.78 is 2.29. The van der Waals surface area contributed by atoms with E-state index in [1.54, 1.807) is 0 Å². The van der Waals surface area contributed by atoms with E-state index in [0.29, 0.717) is 5.92 Å². The van der Waals surface area contributed by atoms with Crippen LogP contribution in [-0.4, -0.2) is 9.97 Å². The van der Waals surface area contributed by atoms with Gasteiger partial charge >= 0.3 is 0 Å². The van der Waals surface area contributed by atoms with Gasteiger partial charge in [0.1, 0.15) is 7.05 Å². The van der Waals surface area contributed by atoms with Crippen molar-refractivity contribution in [3.05, 3.63) is 77.2 Å². The van der Waals surface area contributed by atoms with E-state index in [9.17, 15) is 0 Å². The van der Waals surface area contributed by atoms with Crippen molar-refractivity contribution in [1.29, 1.82) is 0 Å². The van der Waals surface area contributed by atoms with Gasteiger partial charge in [-0.2, -0.15) is 4.57 Å². The molecule has 0 spiro atoms. The molecule has 0 N–H and O–H groups in total. The number of pyridine rings is 1. The standard InChI is InChI=1S/C26H28N3/c1-16(2)23-14-28-24(15-27-23)20-7-9-25-21(13-20)8-10-26(29(25)6)22-12-17(3)11-18(4)19(22)5/h7-16H,1-6H3/q+1. The van der Waals surface area contributed by atoms with Crippen LogP contribution in [0.4, 0.5) is 0 Å². The minimum absolute atomic E-state index is 0.388. The van der Waals surface area contributed by atoms with Gasteiger partial charge in [-0.1, -0.05) is 25.5 Å². The number of aryl methyl sites for hydroxylation is 3. The number of benzene rings is 2. The van der Waals surface area contributed by atoms with E-state index in [2.05, 4.69) is 98.7 Å². The Balaban J connectivity index is 1.80. The van der Waals surface area contributed by atoms with E-state index in [1.807, 2.05) is 12.4 Å². The summed E-state index contributed by atoms with van der Waals surface area (Å²) in [6.07, 6.45) is 3.76. The third kappa shape index (κ3) is 3.53. The van der Waals surface area contributed by atoms with E-state index in [-0.39, 0.29) is 0 Å². The number of hydrogen-bond acceptors (Lipinski definition) is 2. The normalized spacial score (nSPS) is 11.4. The summed E-state index contributed by atoms with van der Waals surface area (Å²) in [7, 11) is 2.14. The van der Waals surface area contributed by atoms with Gasteiger partial charge in [0.05, 0.1) is 17.6 Å². The number of fused-ring (bicyclic) bond motifs is 1. The Kier molecular flexibility index (Phi) is 4.91. The summed E-state index contributed by atoms with van der Waals surface area (Å²) in [6.45, 7) is 10.8. The van der Waals surface area contributed by atoms with E-state index >= 15 is 0 Å². The molecule has 0 radical (unpaired) electrons. The summed E-state index contributed by atoms with van der Waals surface area (Å²) in [4.78, 5) is 9.19. The maximum atomic E-state index is 4.63. The Morgan fingerprint density at radius 2 is 1.66 bits per heavy atom. The molecular formula is C26H28N3+. The lowest BCUT2D eigenvalue weighted by atomic mass is 9.96. The van der Waals surface area contributed by atoms with Crippen molar-refractivity contribution in [3.63, 3.8) is 0 Å². The Morgan fingerprint density at radius 3 is 2.34 bits per heavy atom. The second-order valence-corrected chi connectivity index (χ2v) is 8.29. The van der Waals surface area contributed by atoms with Crippen LogP contribution >= 0.6 is 0 Å². The zero-order valence-electron chi connectivity index (χ0n) is 18.1. The molecule has 0 bridgehead atoms. The molecular weight excluding hydrogens is 354 g/mol. The number of nitrogens with zero attached hydrogens (tertiary/aromatic N) is 3. The van der Waals surface area contributed by atoms with E-state index in [1.165, 1.54) is 38.9 Å². The molecule has 0 saturated heterocycles. The Labute approximate surface area is 173 Å². The van der Waals surface area contributed by atoms with Gasteiger partial charge in [0.25, 0.3) is 0 Å². The fourth-order valence-electron chi connectivity index (χ4n) is 3.92. The van der Waals surface area contributed by atoms with Gasteiger partial charge in [-0.25, -0.2) is 0 Å². The van der Waals surface area contributed by atoms with E-state index < -0.39 is 0 Å². The summed E-state index contributed by atoms with van der Waals surface area (Å²) in [5.74, 6) is 0.388. The highest BCUT2D eigenvalue weighted by Crippen LogP contribution is 2.28. The second kappa shape index (κ2) is 7.40. The predicted molar refractivity (Wildman–Crippen MR) is 120 cm³/mol. The quantitative estimate of drug-likeness (QED) is 0.417. The van der Waals surface area contributed by atoms with Gasteiger partial charge in [0.15, 0.2) is 0 Å². The van der Waals surface area contributed by atoms with Crippen LogP contribution in [0.25, 0.3) is 33.4 Å². The number of rotatable bonds is 3. The lowest BCUT2D eigenvalue weighted by molar-refractivity contribution is -0.633. The summed E-state index contributed by atoms with van der Waals surface area (Å²) >= 11 is 0. The largest absolute Gasteiger partial charge is 0.257 e. The van der Waals surface area contributed by atoms with Gasteiger partial charge < -0.3 is 0 Å². The van der Waals surface area contributed by atoms with E-state index in [4.69, 9.17) is 0 Å². The first kappa shape index (κ1) is 19.3. The zero-order valence-corrected chi connectivity index (χ0v) is 18.1. The van der Waals surface area contributed by atoms with Crippen molar-refractivity contribution in [2.45, 2.75) is 40.5 Å². The van der Waals surface area contributed by atoms with Gasteiger partial charge in [-0.3, -0.25) is 9.97 Å². The summed E-state index contributed by atoms with van der Waals surface area (Å²) in [6, 6.07) is 15.5. The van der Waals surface area contributed by atoms with Crippen LogP contribution in [0.5, 0.6) is 0 Å². The van der Waals surface area contributed by atoms with Gasteiger partial charge in [-0.15, -0.1) is 0 Å². The zero-order chi connectivity index (χ0) is 20.7. The third-order valence-electron chi connectivity index (χ3n) is 5.82. The highest BCUT2D eigenvalue weighted by Gasteiger charge is 2.17. The van der Waals surface area contributed by atoms with Crippen molar-refractivity contribution >= 4 is 10.9 Å². The Morgan fingerprint density at radius 1 is 0.862 bits per heavy atom. The average Bonchev–Trinajstić information content (AvgIpc) is 2.71. The van der Waals surface area contributed by atoms with Crippen molar-refractivity contribution in [2.75, 3.05) is 0 Å². The van der Waals surface area contributed by atoms with Gasteiger partial charge in [0, 0.05) is 34.8 Å². The minimum Gasteiger partial charge on any atom is -0.257 e. The predicted octanol–water partition coefficient (Wildman–Crippen LogP) is 5.84. The fraction of sp³-hybridized carbons (Fsp3) is 0.269. The smallest absolute Gasteiger partial charge is 0.213 e. The first-order chi connectivity index (χ1) is 13.8. The molecule has 0 aliphatic heterocycles. The molecule has 0 aliphatic rings.